The molecular formula is C26H27NO4. The van der Waals surface area contributed by atoms with Crippen LogP contribution in [0.1, 0.15) is 47.5 Å². The number of hydrogen-bond acceptors (Lipinski definition) is 5. The van der Waals surface area contributed by atoms with Gasteiger partial charge in [0.05, 0.1) is 11.1 Å². The second-order valence-electron chi connectivity index (χ2n) is 9.16. The topological polar surface area (TPSA) is 62.9 Å². The molecule has 1 fully saturated rings. The zero-order valence-corrected chi connectivity index (χ0v) is 18.1. The first-order valence-corrected chi connectivity index (χ1v) is 10.9. The second kappa shape index (κ2) is 7.57. The fraction of sp³-hybridized carbons (Fsp3) is 0.346. The average molecular weight is 418 g/mol. The molecule has 5 nitrogen and oxygen atoms in total. The molecule has 3 heterocycles. The van der Waals surface area contributed by atoms with Crippen molar-refractivity contribution in [1.82, 2.24) is 4.90 Å². The molecule has 0 bridgehead atoms. The van der Waals surface area contributed by atoms with Crippen molar-refractivity contribution in [1.29, 1.82) is 0 Å². The van der Waals surface area contributed by atoms with E-state index in [0.717, 1.165) is 29.6 Å². The van der Waals surface area contributed by atoms with Crippen LogP contribution in [-0.2, 0) is 6.54 Å². The van der Waals surface area contributed by atoms with Crippen LogP contribution in [-0.4, -0.2) is 28.9 Å². The van der Waals surface area contributed by atoms with Crippen molar-refractivity contribution in [3.63, 3.8) is 0 Å². The van der Waals surface area contributed by atoms with E-state index in [1.807, 2.05) is 37.3 Å². The lowest BCUT2D eigenvalue weighted by Crippen LogP contribution is -2.38. The quantitative estimate of drug-likeness (QED) is 0.567. The lowest BCUT2D eigenvalue weighted by Gasteiger charge is -2.35. The average Bonchev–Trinajstić information content (AvgIpc) is 3.25. The molecular weight excluding hydrogens is 390 g/mol. The van der Waals surface area contributed by atoms with Crippen molar-refractivity contribution in [3.8, 4) is 11.5 Å². The van der Waals surface area contributed by atoms with Crippen LogP contribution in [0.5, 0.6) is 11.5 Å². The number of para-hydroxylation sites is 1. The summed E-state index contributed by atoms with van der Waals surface area (Å²) in [6, 6.07) is 11.3. The minimum absolute atomic E-state index is 0.172. The lowest BCUT2D eigenvalue weighted by atomic mass is 9.91. The van der Waals surface area contributed by atoms with E-state index in [1.165, 1.54) is 6.42 Å². The van der Waals surface area contributed by atoms with Gasteiger partial charge in [0.15, 0.2) is 5.76 Å². The predicted octanol–water partition coefficient (Wildman–Crippen LogP) is 5.54. The molecule has 2 aromatic carbocycles. The van der Waals surface area contributed by atoms with Gasteiger partial charge in [0.25, 0.3) is 0 Å². The Morgan fingerprint density at radius 1 is 1.16 bits per heavy atom. The maximum Gasteiger partial charge on any atom is 0.232 e. The van der Waals surface area contributed by atoms with Gasteiger partial charge in [-0.3, -0.25) is 9.69 Å². The zero-order valence-electron chi connectivity index (χ0n) is 18.1. The highest BCUT2D eigenvalue weighted by Gasteiger charge is 2.34. The lowest BCUT2D eigenvalue weighted by molar-refractivity contribution is 0.101. The maximum absolute atomic E-state index is 13.2. The smallest absolute Gasteiger partial charge is 0.232 e. The third-order valence-corrected chi connectivity index (χ3v) is 6.26. The van der Waals surface area contributed by atoms with Crippen molar-refractivity contribution >= 4 is 22.8 Å². The molecule has 5 rings (SSSR count). The molecule has 2 aliphatic rings. The molecule has 0 spiro atoms. The van der Waals surface area contributed by atoms with Gasteiger partial charge in [-0.2, -0.15) is 0 Å². The number of phenolic OH excluding ortho intramolecular Hbond substituents is 1. The molecule has 31 heavy (non-hydrogen) atoms. The number of piperidine rings is 1. The minimum atomic E-state index is -0.172. The Hall–Kier alpha value is -3.05. The van der Waals surface area contributed by atoms with Gasteiger partial charge in [-0.05, 0) is 48.9 Å². The van der Waals surface area contributed by atoms with E-state index in [1.54, 1.807) is 12.1 Å². The largest absolute Gasteiger partial charge is 0.507 e. The number of Topliss-reactive ketones (excluding diaryl/α,β-unsaturated/α-hetero) is 1. The molecule has 2 aliphatic heterocycles. The van der Waals surface area contributed by atoms with Gasteiger partial charge in [-0.1, -0.05) is 32.0 Å². The summed E-state index contributed by atoms with van der Waals surface area (Å²) >= 11 is 0. The molecule has 2 atom stereocenters. The van der Waals surface area contributed by atoms with Crippen LogP contribution in [0.25, 0.3) is 17.0 Å². The maximum atomic E-state index is 13.2. The van der Waals surface area contributed by atoms with E-state index in [-0.39, 0.29) is 17.3 Å². The molecule has 0 radical (unpaired) electrons. The minimum Gasteiger partial charge on any atom is -0.507 e. The van der Waals surface area contributed by atoms with Gasteiger partial charge in [0.1, 0.15) is 22.8 Å². The normalized spacial score (nSPS) is 22.8. The Morgan fingerprint density at radius 2 is 1.90 bits per heavy atom. The number of carbonyl (C=O) groups excluding carboxylic acids is 1. The highest BCUT2D eigenvalue weighted by Crippen LogP contribution is 2.43. The molecule has 0 aliphatic carbocycles. The van der Waals surface area contributed by atoms with Gasteiger partial charge < -0.3 is 14.3 Å². The van der Waals surface area contributed by atoms with Crippen molar-refractivity contribution in [3.05, 3.63) is 64.6 Å². The van der Waals surface area contributed by atoms with E-state index in [4.69, 9.17) is 9.15 Å². The number of hydrogen-bond donors (Lipinski definition) is 1. The van der Waals surface area contributed by atoms with E-state index in [9.17, 15) is 9.90 Å². The third-order valence-electron chi connectivity index (χ3n) is 6.26. The predicted molar refractivity (Wildman–Crippen MR) is 120 cm³/mol. The summed E-state index contributed by atoms with van der Waals surface area (Å²) in [6.07, 6.45) is 2.86. The molecule has 160 valence electrons. The number of allylic oxidation sites excluding steroid dienone is 1. The summed E-state index contributed by atoms with van der Waals surface area (Å²) in [6.45, 7) is 8.86. The second-order valence-corrected chi connectivity index (χ2v) is 9.16. The van der Waals surface area contributed by atoms with Gasteiger partial charge >= 0.3 is 0 Å². The fourth-order valence-corrected chi connectivity index (χ4v) is 5.08. The number of ketones is 1. The number of likely N-dealkylation sites (tertiary alicyclic amines) is 1. The van der Waals surface area contributed by atoms with E-state index in [2.05, 4.69) is 18.7 Å². The fourth-order valence-electron chi connectivity index (χ4n) is 5.08. The summed E-state index contributed by atoms with van der Waals surface area (Å²) in [5.74, 6) is 2.50. The van der Waals surface area contributed by atoms with Crippen molar-refractivity contribution in [2.45, 2.75) is 33.7 Å². The van der Waals surface area contributed by atoms with E-state index in [0.29, 0.717) is 41.0 Å². The molecule has 1 N–H and O–H groups in total. The van der Waals surface area contributed by atoms with Crippen molar-refractivity contribution < 1.29 is 19.1 Å². The summed E-state index contributed by atoms with van der Waals surface area (Å²) in [7, 11) is 0. The Labute approximate surface area is 181 Å². The van der Waals surface area contributed by atoms with E-state index < -0.39 is 0 Å². The summed E-state index contributed by atoms with van der Waals surface area (Å²) in [4.78, 5) is 15.5. The molecule has 1 aromatic heterocycles. The monoisotopic (exact) mass is 417 g/mol. The Balaban J connectivity index is 1.50. The number of benzene rings is 2. The first kappa shape index (κ1) is 19.9. The SMILES string of the molecule is Cc1cc(O)c(CN2CC(C)CC(C)C2)c2c1C(=O)C(=Cc1cc3ccccc3o1)O2. The first-order chi connectivity index (χ1) is 14.9. The molecule has 3 aromatic rings. The van der Waals surface area contributed by atoms with Gasteiger partial charge in [-0.25, -0.2) is 0 Å². The summed E-state index contributed by atoms with van der Waals surface area (Å²) in [5, 5.41) is 11.7. The number of nitrogens with zero attached hydrogens (tertiary/aromatic N) is 1. The van der Waals surface area contributed by atoms with Crippen molar-refractivity contribution in [2.75, 3.05) is 13.1 Å². The number of rotatable bonds is 3. The summed E-state index contributed by atoms with van der Waals surface area (Å²) < 4.78 is 11.9. The van der Waals surface area contributed by atoms with Crippen LogP contribution in [0.15, 0.2) is 46.6 Å². The third kappa shape index (κ3) is 3.63. The molecule has 0 amide bonds. The van der Waals surface area contributed by atoms with Crippen LogP contribution in [0.3, 0.4) is 0 Å². The Morgan fingerprint density at radius 3 is 2.65 bits per heavy atom. The highest BCUT2D eigenvalue weighted by molar-refractivity contribution is 6.15. The number of ether oxygens (including phenoxy) is 1. The Kier molecular flexibility index (Phi) is 4.86. The number of aryl methyl sites for hydroxylation is 1. The Bertz CT molecular complexity index is 1160. The van der Waals surface area contributed by atoms with Crippen molar-refractivity contribution in [2.24, 2.45) is 11.8 Å². The van der Waals surface area contributed by atoms with Gasteiger partial charge in [0, 0.05) is 31.1 Å². The van der Waals surface area contributed by atoms with E-state index >= 15 is 0 Å². The van der Waals surface area contributed by atoms with Crippen LogP contribution >= 0.6 is 0 Å². The van der Waals surface area contributed by atoms with Crippen LogP contribution < -0.4 is 4.74 Å². The molecule has 5 heteroatoms. The van der Waals surface area contributed by atoms with Crippen LogP contribution in [0.4, 0.5) is 0 Å². The van der Waals surface area contributed by atoms with Crippen LogP contribution in [0, 0.1) is 18.8 Å². The standard InChI is InChI=1S/C26H27NO4/c1-15-8-16(2)13-27(12-15)14-20-21(28)9-17(3)24-25(29)23(31-26(20)24)11-19-10-18-6-4-5-7-22(18)30-19/h4-7,9-11,15-16,28H,8,12-14H2,1-3H3. The number of carbonyl (C=O) groups is 1. The zero-order chi connectivity index (χ0) is 21.7. The molecule has 1 saturated heterocycles. The molecule has 0 saturated carbocycles. The first-order valence-electron chi connectivity index (χ1n) is 10.9. The van der Waals surface area contributed by atoms with Gasteiger partial charge in [0.2, 0.25) is 5.78 Å². The number of fused-ring (bicyclic) bond motifs is 2. The number of phenols is 1. The summed E-state index contributed by atoms with van der Waals surface area (Å²) in [5.41, 5.74) is 2.70. The molecule has 2 unspecified atom stereocenters. The number of aromatic hydroxyl groups is 1. The van der Waals surface area contributed by atoms with Crippen LogP contribution in [0.2, 0.25) is 0 Å². The van der Waals surface area contributed by atoms with Gasteiger partial charge in [-0.15, -0.1) is 0 Å². The number of furan rings is 1. The highest BCUT2D eigenvalue weighted by atomic mass is 16.5.